The number of ether oxygens (including phenoxy) is 3. The molecule has 460 valence electrons. The monoisotopic (exact) mass is 1330 g/mol. The number of aromatic amines is 1. The second-order valence-corrected chi connectivity index (χ2v) is 19.5. The van der Waals surface area contributed by atoms with Crippen LogP contribution in [0.1, 0.15) is 42.0 Å². The Bertz CT molecular complexity index is 3370. The number of carbonyl (C=O) groups excluding carboxylic acids is 3. The Balaban J connectivity index is 0.00000106. The Labute approximate surface area is 545 Å². The fraction of sp³-hybridized carbons (Fsp3) is 0.254. The number of aliphatic hydroxyl groups is 1. The molecule has 0 saturated heterocycles. The number of halogens is 5. The summed E-state index contributed by atoms with van der Waals surface area (Å²) in [4.78, 5) is 59.9. The fourth-order valence-electron chi connectivity index (χ4n) is 6.01. The summed E-state index contributed by atoms with van der Waals surface area (Å²) in [5.74, 6) is 0.781. The molecule has 0 fully saturated rings. The van der Waals surface area contributed by atoms with Crippen molar-refractivity contribution < 1.29 is 67.9 Å². The van der Waals surface area contributed by atoms with Crippen LogP contribution in [-0.2, 0) is 53.0 Å². The van der Waals surface area contributed by atoms with Gasteiger partial charge in [-0.25, -0.2) is 48.4 Å². The maximum absolute atomic E-state index is 11.3. The first kappa shape index (κ1) is 79.6. The van der Waals surface area contributed by atoms with E-state index in [0.29, 0.717) is 69.1 Å². The average Bonchev–Trinajstić information content (AvgIpc) is 3.47. The van der Waals surface area contributed by atoms with E-state index in [2.05, 4.69) is 66.1 Å². The molecule has 8 rings (SSSR count). The van der Waals surface area contributed by atoms with Gasteiger partial charge in [0.05, 0.1) is 32.3 Å². The molecule has 0 spiro atoms. The molecule has 0 atom stereocenters. The van der Waals surface area contributed by atoms with Crippen LogP contribution in [0.5, 0.6) is 0 Å². The van der Waals surface area contributed by atoms with Gasteiger partial charge in [-0.05, 0) is 89.2 Å². The first-order valence-electron chi connectivity index (χ1n) is 25.4. The maximum atomic E-state index is 11.3. The van der Waals surface area contributed by atoms with Crippen molar-refractivity contribution in [2.45, 2.75) is 73.9 Å². The third-order valence-electron chi connectivity index (χ3n) is 9.33. The number of benzene rings is 4. The van der Waals surface area contributed by atoms with E-state index in [-0.39, 0.29) is 68.3 Å². The van der Waals surface area contributed by atoms with Gasteiger partial charge in [-0.15, -0.1) is 0 Å². The largest absolute Gasteiger partial charge is 1.00 e. The second kappa shape index (κ2) is 45.8. The van der Waals surface area contributed by atoms with Crippen molar-refractivity contribution in [1.82, 2.24) is 59.5 Å². The summed E-state index contributed by atoms with van der Waals surface area (Å²) in [6, 6.07) is 29.4. The van der Waals surface area contributed by atoms with Crippen LogP contribution in [0, 0.1) is 0 Å². The van der Waals surface area contributed by atoms with Crippen LogP contribution < -0.4 is 18.9 Å². The predicted octanol–water partition coefficient (Wildman–Crippen LogP) is 9.19. The number of aromatic nitrogens is 12. The number of carbonyl (C=O) groups is 4. The van der Waals surface area contributed by atoms with E-state index in [0.717, 1.165) is 34.2 Å². The number of esters is 2. The number of nitrogens with zero attached hydrogens (tertiary/aromatic N) is 11. The molecule has 0 unspecified atom stereocenters. The Kier molecular flexibility index (Phi) is 41.9. The van der Waals surface area contributed by atoms with Gasteiger partial charge in [0.15, 0.2) is 29.1 Å². The topological polar surface area (TPSA) is 300 Å². The first-order chi connectivity index (χ1) is 40.3. The SMILES string of the molecule is C.CC(C)O.CC(C)OC(=O)/C=C\Cn1cnc(-c2cccc(Cl)c2)n1.CCOC(=O)/C=C\CBr.COCC(=O)/C=C\Cn1cnc(-c2cccc(Cl)c2)n1.Clc1cccc(-c2ncn[nH]2)c1.O=C(O)/C=C\Cn1cnc(-c2cccc(Cl)c2)n1.[Li+].[OH-]. The molecule has 4 heterocycles. The van der Waals surface area contributed by atoms with E-state index in [4.69, 9.17) is 66.1 Å². The van der Waals surface area contributed by atoms with Crippen LogP contribution >= 0.6 is 62.3 Å². The van der Waals surface area contributed by atoms with Gasteiger partial charge < -0.3 is 29.9 Å². The molecular formula is C59H68BrCl4LiN12O10. The minimum absolute atomic E-state index is 0. The molecule has 0 aliphatic heterocycles. The van der Waals surface area contributed by atoms with E-state index < -0.39 is 5.97 Å². The van der Waals surface area contributed by atoms with Crippen LogP contribution in [0.3, 0.4) is 0 Å². The molecule has 87 heavy (non-hydrogen) atoms. The zero-order chi connectivity index (χ0) is 61.7. The number of H-pyrrole nitrogens is 1. The number of aliphatic hydroxyl groups excluding tert-OH is 1. The van der Waals surface area contributed by atoms with Crippen molar-refractivity contribution >= 4 is 86.0 Å². The van der Waals surface area contributed by atoms with E-state index in [1.54, 1.807) is 122 Å². The molecule has 0 amide bonds. The van der Waals surface area contributed by atoms with Crippen LogP contribution in [0.15, 0.2) is 171 Å². The molecule has 8 aromatic rings. The molecule has 28 heteroatoms. The minimum Gasteiger partial charge on any atom is -0.870 e. The minimum atomic E-state index is -0.981. The number of alkyl halides is 1. The van der Waals surface area contributed by atoms with Gasteiger partial charge in [-0.2, -0.15) is 20.4 Å². The fourth-order valence-corrected chi connectivity index (χ4v) is 6.96. The van der Waals surface area contributed by atoms with Crippen molar-refractivity contribution in [3.63, 3.8) is 0 Å². The summed E-state index contributed by atoms with van der Waals surface area (Å²) in [5.41, 5.74) is 3.48. The van der Waals surface area contributed by atoms with Gasteiger partial charge in [-0.3, -0.25) is 9.89 Å². The molecule has 22 nitrogen and oxygen atoms in total. The van der Waals surface area contributed by atoms with Crippen LogP contribution in [0.4, 0.5) is 0 Å². The molecule has 0 bridgehead atoms. The Morgan fingerprint density at radius 1 is 0.621 bits per heavy atom. The number of carboxylic acid groups (broad SMARTS) is 1. The van der Waals surface area contributed by atoms with Gasteiger partial charge in [-0.1, -0.05) is 143 Å². The van der Waals surface area contributed by atoms with Crippen LogP contribution in [0.25, 0.3) is 45.6 Å². The Morgan fingerprint density at radius 2 is 1.01 bits per heavy atom. The summed E-state index contributed by atoms with van der Waals surface area (Å²) < 4.78 is 19.2. The number of allylic oxidation sites excluding steroid dienone is 4. The summed E-state index contributed by atoms with van der Waals surface area (Å²) >= 11 is 26.7. The number of hydrogen-bond donors (Lipinski definition) is 3. The van der Waals surface area contributed by atoms with Gasteiger partial charge in [0.25, 0.3) is 0 Å². The smallest absolute Gasteiger partial charge is 0.870 e. The quantitative estimate of drug-likeness (QED) is 0.0294. The van der Waals surface area contributed by atoms with Crippen molar-refractivity contribution in [2.75, 3.05) is 25.7 Å². The van der Waals surface area contributed by atoms with Crippen LogP contribution in [-0.4, -0.2) is 137 Å². The molecule has 0 aliphatic rings. The van der Waals surface area contributed by atoms with Crippen molar-refractivity contribution in [3.05, 3.63) is 191 Å². The number of carboxylic acids is 1. The number of hydrogen-bond acceptors (Lipinski definition) is 17. The molecule has 0 saturated carbocycles. The Morgan fingerprint density at radius 3 is 1.37 bits per heavy atom. The summed E-state index contributed by atoms with van der Waals surface area (Å²) in [6.07, 6.45) is 17.9. The van der Waals surface area contributed by atoms with Crippen molar-refractivity contribution in [1.29, 1.82) is 0 Å². The average molecular weight is 1330 g/mol. The van der Waals surface area contributed by atoms with Crippen molar-refractivity contribution in [3.8, 4) is 45.6 Å². The first-order valence-corrected chi connectivity index (χ1v) is 28.0. The zero-order valence-corrected chi connectivity index (χ0v) is 52.7. The molecule has 4 aromatic heterocycles. The third kappa shape index (κ3) is 35.1. The predicted molar refractivity (Wildman–Crippen MR) is 337 cm³/mol. The van der Waals surface area contributed by atoms with Gasteiger partial charge >= 0.3 is 36.8 Å². The van der Waals surface area contributed by atoms with E-state index in [1.165, 1.54) is 37.7 Å². The molecular weight excluding hydrogens is 1270 g/mol. The normalized spacial score (nSPS) is 10.4. The van der Waals surface area contributed by atoms with E-state index in [1.807, 2.05) is 60.7 Å². The molecule has 0 radical (unpaired) electrons. The number of aliphatic carboxylic acids is 1. The number of ketones is 1. The van der Waals surface area contributed by atoms with Gasteiger partial charge in [0.1, 0.15) is 31.9 Å². The van der Waals surface area contributed by atoms with Crippen LogP contribution in [0.2, 0.25) is 20.1 Å². The maximum Gasteiger partial charge on any atom is 1.00 e. The summed E-state index contributed by atoms with van der Waals surface area (Å²) in [5, 5.41) is 39.2. The summed E-state index contributed by atoms with van der Waals surface area (Å²) in [7, 11) is 1.49. The number of rotatable bonds is 19. The van der Waals surface area contributed by atoms with Crippen molar-refractivity contribution in [2.24, 2.45) is 0 Å². The summed E-state index contributed by atoms with van der Waals surface area (Å²) in [6.45, 7) is 10.6. The van der Waals surface area contributed by atoms with E-state index in [9.17, 15) is 19.2 Å². The standard InChI is InChI=1S/C15H16ClN3O2.C14H14ClN3O2.C12H10ClN3O2.C8H6ClN3.C6H9BrO2.C3H8O.CH4.Li.H2O/c1-11(2)21-14(20)7-4-8-19-10-17-15(18-19)12-5-3-6-13(16)9-12;1-20-9-13(19)6-3-7-18-10-16-14(17-18)11-4-2-5-12(15)8-11;13-10-4-1-3-9(7-10)12-14-8-16(15-12)6-2-5-11(17)18;9-7-3-1-2-6(4-7)8-10-5-11-12-8;1-2-9-6(8)4-3-5-7;1-3(2)4;;;/h3-7,9-11H,8H2,1-2H3;2-6,8,10H,7,9H2,1H3;1-5,7-8H,6H2,(H,17,18);1-5H,(H,10,11,12);3-4H,2,5H2,1H3;3-4H,1-2H3;1H4;;1H2/q;;;;;;;+1;/p-1/b7-4-;6-3-;5-2-;;4-3-;;;;. The zero-order valence-electron chi connectivity index (χ0n) is 48.1. The Hall–Kier alpha value is -7.40. The molecule has 4 N–H and O–H groups in total. The second-order valence-electron chi connectivity index (χ2n) is 17.1. The third-order valence-corrected chi connectivity index (χ3v) is 10.6. The van der Waals surface area contributed by atoms with E-state index >= 15 is 0 Å². The molecule has 4 aromatic carbocycles. The molecule has 0 aliphatic carbocycles. The number of nitrogens with one attached hydrogen (secondary N) is 1. The van der Waals surface area contributed by atoms with Gasteiger partial charge in [0, 0.05) is 79.1 Å². The number of methoxy groups -OCH3 is 1. The van der Waals surface area contributed by atoms with Gasteiger partial charge in [0.2, 0.25) is 0 Å².